The number of benzene rings is 2. The van der Waals surface area contributed by atoms with Crippen molar-refractivity contribution >= 4 is 10.9 Å². The van der Waals surface area contributed by atoms with E-state index in [1.165, 1.54) is 11.1 Å². The first-order valence-corrected chi connectivity index (χ1v) is 7.43. The van der Waals surface area contributed by atoms with Crippen LogP contribution in [0.25, 0.3) is 10.9 Å². The molecule has 0 saturated carbocycles. The molecule has 1 aromatic heterocycles. The van der Waals surface area contributed by atoms with Gasteiger partial charge in [-0.15, -0.1) is 0 Å². The molecule has 0 saturated heterocycles. The maximum Gasteiger partial charge on any atom is 0.0873 e. The topological polar surface area (TPSA) is 33.1 Å². The van der Waals surface area contributed by atoms with Crippen LogP contribution in [0.3, 0.4) is 0 Å². The molecular formula is C19H17NO. The lowest BCUT2D eigenvalue weighted by Crippen LogP contribution is -2.08. The Morgan fingerprint density at radius 2 is 1.86 bits per heavy atom. The van der Waals surface area contributed by atoms with Gasteiger partial charge in [-0.2, -0.15) is 0 Å². The fourth-order valence-electron chi connectivity index (χ4n) is 3.40. The smallest absolute Gasteiger partial charge is 0.0873 e. The first kappa shape index (κ1) is 12.5. The van der Waals surface area contributed by atoms with Crippen molar-refractivity contribution in [3.05, 3.63) is 77.5 Å². The summed E-state index contributed by atoms with van der Waals surface area (Å²) in [5.41, 5.74) is 4.55. The maximum atomic E-state index is 10.8. The number of hydrogen-bond acceptors (Lipinski definition) is 2. The third kappa shape index (κ3) is 2.12. The van der Waals surface area contributed by atoms with Crippen molar-refractivity contribution in [2.24, 2.45) is 0 Å². The molecule has 0 bridgehead atoms. The van der Waals surface area contributed by atoms with Gasteiger partial charge in [0.15, 0.2) is 0 Å². The summed E-state index contributed by atoms with van der Waals surface area (Å²) in [6.07, 6.45) is 3.39. The predicted octanol–water partition coefficient (Wildman–Crippen LogP) is 4.00. The quantitative estimate of drug-likeness (QED) is 0.767. The average Bonchev–Trinajstić information content (AvgIpc) is 2.98. The van der Waals surface area contributed by atoms with E-state index in [1.807, 2.05) is 30.5 Å². The first-order valence-electron chi connectivity index (χ1n) is 7.43. The number of nitrogens with zero attached hydrogens (tertiary/aromatic N) is 1. The number of rotatable bonds is 2. The summed E-state index contributed by atoms with van der Waals surface area (Å²) < 4.78 is 0. The van der Waals surface area contributed by atoms with Crippen LogP contribution in [-0.2, 0) is 6.42 Å². The van der Waals surface area contributed by atoms with Crippen molar-refractivity contribution in [1.82, 2.24) is 4.98 Å². The van der Waals surface area contributed by atoms with Gasteiger partial charge in [-0.1, -0.05) is 42.5 Å². The fraction of sp³-hybridized carbons (Fsp3) is 0.211. The van der Waals surface area contributed by atoms with Crippen LogP contribution in [-0.4, -0.2) is 10.1 Å². The minimum atomic E-state index is -0.481. The summed E-state index contributed by atoms with van der Waals surface area (Å²) >= 11 is 0. The number of para-hydroxylation sites is 1. The van der Waals surface area contributed by atoms with E-state index in [4.69, 9.17) is 0 Å². The van der Waals surface area contributed by atoms with E-state index in [-0.39, 0.29) is 5.92 Å². The molecule has 1 aliphatic rings. The van der Waals surface area contributed by atoms with Crippen LogP contribution in [0.5, 0.6) is 0 Å². The maximum absolute atomic E-state index is 10.8. The minimum Gasteiger partial charge on any atom is -0.388 e. The van der Waals surface area contributed by atoms with Gasteiger partial charge < -0.3 is 5.11 Å². The molecule has 2 unspecified atom stereocenters. The molecule has 0 fully saturated rings. The molecule has 2 heteroatoms. The van der Waals surface area contributed by atoms with Gasteiger partial charge >= 0.3 is 0 Å². The Morgan fingerprint density at radius 3 is 2.81 bits per heavy atom. The Hall–Kier alpha value is -2.19. The molecule has 21 heavy (non-hydrogen) atoms. The van der Waals surface area contributed by atoms with Gasteiger partial charge in [0.25, 0.3) is 0 Å². The van der Waals surface area contributed by atoms with E-state index in [0.29, 0.717) is 0 Å². The predicted molar refractivity (Wildman–Crippen MR) is 84.2 cm³/mol. The van der Waals surface area contributed by atoms with Gasteiger partial charge in [0, 0.05) is 23.1 Å². The number of aromatic nitrogens is 1. The molecular weight excluding hydrogens is 258 g/mol. The van der Waals surface area contributed by atoms with Crippen molar-refractivity contribution < 1.29 is 5.11 Å². The Balaban J connectivity index is 1.72. The van der Waals surface area contributed by atoms with Crippen molar-refractivity contribution in [3.8, 4) is 0 Å². The minimum absolute atomic E-state index is 0.184. The average molecular weight is 275 g/mol. The third-order valence-electron chi connectivity index (χ3n) is 4.51. The molecule has 4 rings (SSSR count). The molecule has 0 amide bonds. The Labute approximate surface area is 124 Å². The summed E-state index contributed by atoms with van der Waals surface area (Å²) in [6, 6.07) is 18.5. The highest BCUT2D eigenvalue weighted by Gasteiger charge is 2.29. The summed E-state index contributed by atoms with van der Waals surface area (Å²) in [5, 5.41) is 11.9. The normalized spacial score (nSPS) is 18.6. The highest BCUT2D eigenvalue weighted by molar-refractivity contribution is 5.78. The zero-order valence-electron chi connectivity index (χ0n) is 11.7. The number of aliphatic hydroxyl groups is 1. The molecule has 2 nitrogen and oxygen atoms in total. The van der Waals surface area contributed by atoms with Crippen molar-refractivity contribution in [2.75, 3.05) is 0 Å². The molecule has 0 aliphatic heterocycles. The van der Waals surface area contributed by atoms with Gasteiger partial charge in [0.05, 0.1) is 11.6 Å². The SMILES string of the molecule is OC(c1cnc2ccccc2c1)C1CCc2ccccc21. The number of hydrogen-bond donors (Lipinski definition) is 1. The summed E-state index contributed by atoms with van der Waals surface area (Å²) in [6.45, 7) is 0. The van der Waals surface area contributed by atoms with Crippen LogP contribution in [0.2, 0.25) is 0 Å². The first-order chi connectivity index (χ1) is 10.3. The molecule has 0 spiro atoms. The summed E-state index contributed by atoms with van der Waals surface area (Å²) in [4.78, 5) is 4.47. The monoisotopic (exact) mass is 275 g/mol. The van der Waals surface area contributed by atoms with Crippen molar-refractivity contribution in [3.63, 3.8) is 0 Å². The van der Waals surface area contributed by atoms with Crippen LogP contribution >= 0.6 is 0 Å². The van der Waals surface area contributed by atoms with Crippen LogP contribution in [0.1, 0.15) is 35.1 Å². The summed E-state index contributed by atoms with van der Waals surface area (Å²) in [7, 11) is 0. The van der Waals surface area contributed by atoms with E-state index in [9.17, 15) is 5.11 Å². The number of aliphatic hydroxyl groups excluding tert-OH is 1. The van der Waals surface area contributed by atoms with Gasteiger partial charge in [-0.05, 0) is 36.1 Å². The van der Waals surface area contributed by atoms with E-state index in [1.54, 1.807) is 0 Å². The van der Waals surface area contributed by atoms with Crippen LogP contribution < -0.4 is 0 Å². The lowest BCUT2D eigenvalue weighted by atomic mass is 9.91. The van der Waals surface area contributed by atoms with Crippen molar-refractivity contribution in [2.45, 2.75) is 24.9 Å². The lowest BCUT2D eigenvalue weighted by Gasteiger charge is -2.19. The zero-order valence-corrected chi connectivity index (χ0v) is 11.7. The highest BCUT2D eigenvalue weighted by atomic mass is 16.3. The molecule has 2 atom stereocenters. The second-order valence-electron chi connectivity index (χ2n) is 5.75. The Morgan fingerprint density at radius 1 is 1.05 bits per heavy atom. The lowest BCUT2D eigenvalue weighted by molar-refractivity contribution is 0.144. The second kappa shape index (κ2) is 4.97. The number of fused-ring (bicyclic) bond motifs is 2. The number of aryl methyl sites for hydroxylation is 1. The van der Waals surface area contributed by atoms with E-state index < -0.39 is 6.10 Å². The second-order valence-corrected chi connectivity index (χ2v) is 5.75. The summed E-state index contributed by atoms with van der Waals surface area (Å²) in [5.74, 6) is 0.184. The molecule has 104 valence electrons. The van der Waals surface area contributed by atoms with E-state index in [2.05, 4.69) is 35.3 Å². The molecule has 0 radical (unpaired) electrons. The van der Waals surface area contributed by atoms with Gasteiger partial charge in [-0.25, -0.2) is 0 Å². The van der Waals surface area contributed by atoms with Crippen LogP contribution in [0, 0.1) is 0 Å². The van der Waals surface area contributed by atoms with E-state index >= 15 is 0 Å². The van der Waals surface area contributed by atoms with Gasteiger partial charge in [-0.3, -0.25) is 4.98 Å². The molecule has 1 N–H and O–H groups in total. The Kier molecular flexibility index (Phi) is 2.97. The number of pyridine rings is 1. The van der Waals surface area contributed by atoms with Gasteiger partial charge in [0.1, 0.15) is 0 Å². The molecule has 3 aromatic rings. The molecule has 1 heterocycles. The van der Waals surface area contributed by atoms with Crippen molar-refractivity contribution in [1.29, 1.82) is 0 Å². The zero-order chi connectivity index (χ0) is 14.2. The fourth-order valence-corrected chi connectivity index (χ4v) is 3.40. The van der Waals surface area contributed by atoms with Crippen LogP contribution in [0.15, 0.2) is 60.8 Å². The van der Waals surface area contributed by atoms with E-state index in [0.717, 1.165) is 29.3 Å². The van der Waals surface area contributed by atoms with Crippen LogP contribution in [0.4, 0.5) is 0 Å². The Bertz CT molecular complexity index is 796. The largest absolute Gasteiger partial charge is 0.388 e. The highest BCUT2D eigenvalue weighted by Crippen LogP contribution is 2.41. The van der Waals surface area contributed by atoms with Gasteiger partial charge in [0.2, 0.25) is 0 Å². The molecule has 2 aromatic carbocycles. The standard InChI is InChI=1S/C19H17NO/c21-19(17-10-9-13-5-1-3-7-16(13)17)15-11-14-6-2-4-8-18(14)20-12-15/h1-8,11-12,17,19,21H,9-10H2. The molecule has 1 aliphatic carbocycles. The third-order valence-corrected chi connectivity index (χ3v) is 4.51.